The minimum absolute atomic E-state index is 0.449. The van der Waals surface area contributed by atoms with Crippen LogP contribution in [0.2, 0.25) is 0 Å². The van der Waals surface area contributed by atoms with Gasteiger partial charge in [-0.25, -0.2) is 9.97 Å². The summed E-state index contributed by atoms with van der Waals surface area (Å²) in [5.41, 5.74) is 0. The van der Waals surface area contributed by atoms with E-state index in [0.29, 0.717) is 13.2 Å². The Bertz CT molecular complexity index is 397. The molecule has 0 aliphatic heterocycles. The fraction of sp³-hybridized carbons (Fsp3) is 0.714. The van der Waals surface area contributed by atoms with Crippen LogP contribution in [0.5, 0.6) is 0 Å². The summed E-state index contributed by atoms with van der Waals surface area (Å²) >= 11 is 0. The lowest BCUT2D eigenvalue weighted by molar-refractivity contribution is 0.128. The van der Waals surface area contributed by atoms with Gasteiger partial charge in [0.2, 0.25) is 0 Å². The maximum Gasteiger partial charge on any atom is 0.158 e. The van der Waals surface area contributed by atoms with Crippen LogP contribution in [0.25, 0.3) is 0 Å². The third kappa shape index (κ3) is 5.71. The number of nitrogens with zero attached hydrogens (tertiary/aromatic N) is 4. The summed E-state index contributed by atoms with van der Waals surface area (Å²) in [7, 11) is 6.18. The number of hydrogen-bond acceptors (Lipinski definition) is 6. The van der Waals surface area contributed by atoms with Crippen LogP contribution in [-0.2, 0) is 11.3 Å². The van der Waals surface area contributed by atoms with Crippen molar-refractivity contribution in [2.45, 2.75) is 20.5 Å². The molecular formula is C14H27N5O. The molecule has 1 aromatic heterocycles. The topological polar surface area (TPSA) is 53.5 Å². The summed E-state index contributed by atoms with van der Waals surface area (Å²) in [6.45, 7) is 7.89. The van der Waals surface area contributed by atoms with Crippen LogP contribution < -0.4 is 10.2 Å². The van der Waals surface area contributed by atoms with Crippen LogP contribution in [0.3, 0.4) is 0 Å². The predicted molar refractivity (Wildman–Crippen MR) is 83.3 cm³/mol. The fourth-order valence-electron chi connectivity index (χ4n) is 1.67. The molecule has 114 valence electrons. The van der Waals surface area contributed by atoms with E-state index in [4.69, 9.17) is 4.74 Å². The molecule has 0 radical (unpaired) electrons. The van der Waals surface area contributed by atoms with Gasteiger partial charge in [0.25, 0.3) is 0 Å². The average molecular weight is 281 g/mol. The largest absolute Gasteiger partial charge is 0.374 e. The zero-order valence-corrected chi connectivity index (χ0v) is 13.3. The predicted octanol–water partition coefficient (Wildman–Crippen LogP) is 1.44. The Morgan fingerprint density at radius 1 is 1.15 bits per heavy atom. The summed E-state index contributed by atoms with van der Waals surface area (Å²) in [6.07, 6.45) is 0. The van der Waals surface area contributed by atoms with Gasteiger partial charge in [-0.3, -0.25) is 0 Å². The monoisotopic (exact) mass is 281 g/mol. The van der Waals surface area contributed by atoms with Crippen LogP contribution in [0, 0.1) is 0 Å². The van der Waals surface area contributed by atoms with Gasteiger partial charge in [0, 0.05) is 39.4 Å². The molecule has 1 heterocycles. The Hall–Kier alpha value is -1.40. The van der Waals surface area contributed by atoms with Crippen LogP contribution in [0.15, 0.2) is 6.07 Å². The van der Waals surface area contributed by atoms with Gasteiger partial charge in [-0.15, -0.1) is 0 Å². The van der Waals surface area contributed by atoms with E-state index in [-0.39, 0.29) is 0 Å². The summed E-state index contributed by atoms with van der Waals surface area (Å²) in [6, 6.07) is 1.98. The Kier molecular flexibility index (Phi) is 7.25. The van der Waals surface area contributed by atoms with Gasteiger partial charge in [0.15, 0.2) is 5.82 Å². The van der Waals surface area contributed by atoms with Crippen LogP contribution in [-0.4, -0.2) is 62.3 Å². The Balaban J connectivity index is 2.83. The lowest BCUT2D eigenvalue weighted by Gasteiger charge is -2.21. The normalized spacial score (nSPS) is 10.9. The number of anilines is 2. The number of ether oxygens (including phenoxy) is 1. The molecule has 1 N–H and O–H groups in total. The zero-order valence-electron chi connectivity index (χ0n) is 13.3. The lowest BCUT2D eigenvalue weighted by atomic mass is 10.4. The average Bonchev–Trinajstić information content (AvgIpc) is 2.42. The van der Waals surface area contributed by atoms with Gasteiger partial charge >= 0.3 is 0 Å². The highest BCUT2D eigenvalue weighted by molar-refractivity contribution is 5.48. The second kappa shape index (κ2) is 8.71. The molecule has 0 aliphatic carbocycles. The van der Waals surface area contributed by atoms with Crippen molar-refractivity contribution in [2.75, 3.05) is 57.6 Å². The van der Waals surface area contributed by atoms with E-state index < -0.39 is 0 Å². The van der Waals surface area contributed by atoms with E-state index in [1.807, 2.05) is 20.0 Å². The van der Waals surface area contributed by atoms with Crippen LogP contribution in [0.1, 0.15) is 19.7 Å². The molecule has 6 heteroatoms. The van der Waals surface area contributed by atoms with Gasteiger partial charge in [-0.05, 0) is 27.9 Å². The number of rotatable bonds is 9. The SMILES string of the molecule is CCNc1cc(N(C)CCN(C)C)nc(COCC)n1. The quantitative estimate of drug-likeness (QED) is 0.739. The first-order valence-electron chi connectivity index (χ1n) is 7.12. The van der Waals surface area contributed by atoms with Gasteiger partial charge in [0.05, 0.1) is 0 Å². The molecule has 0 saturated heterocycles. The molecule has 0 saturated carbocycles. The summed E-state index contributed by atoms with van der Waals surface area (Å²) < 4.78 is 5.41. The van der Waals surface area contributed by atoms with Crippen molar-refractivity contribution in [3.05, 3.63) is 11.9 Å². The second-order valence-corrected chi connectivity index (χ2v) is 4.92. The number of nitrogens with one attached hydrogen (secondary N) is 1. The van der Waals surface area contributed by atoms with E-state index in [2.05, 4.69) is 46.1 Å². The number of hydrogen-bond donors (Lipinski definition) is 1. The van der Waals surface area contributed by atoms with E-state index >= 15 is 0 Å². The molecule has 0 spiro atoms. The molecule has 0 atom stereocenters. The first-order valence-corrected chi connectivity index (χ1v) is 7.12. The van der Waals surface area contributed by atoms with Gasteiger partial charge < -0.3 is 19.9 Å². The fourth-order valence-corrected chi connectivity index (χ4v) is 1.67. The molecule has 6 nitrogen and oxygen atoms in total. The highest BCUT2D eigenvalue weighted by Gasteiger charge is 2.08. The molecule has 0 amide bonds. The van der Waals surface area contributed by atoms with Crippen LogP contribution >= 0.6 is 0 Å². The van der Waals surface area contributed by atoms with E-state index in [1.54, 1.807) is 0 Å². The summed E-state index contributed by atoms with van der Waals surface area (Å²) in [5, 5.41) is 3.24. The second-order valence-electron chi connectivity index (χ2n) is 4.92. The van der Waals surface area contributed by atoms with E-state index in [0.717, 1.165) is 37.1 Å². The zero-order chi connectivity index (χ0) is 15.0. The molecule has 0 aromatic carbocycles. The van der Waals surface area contributed by atoms with Crippen molar-refractivity contribution >= 4 is 11.6 Å². The third-order valence-corrected chi connectivity index (χ3v) is 2.83. The maximum atomic E-state index is 5.41. The molecule has 0 aliphatic rings. The standard InChI is InChI=1S/C14H27N5O/c1-6-15-12-10-14(19(5)9-8-18(3)4)17-13(16-12)11-20-7-2/h10H,6-9,11H2,1-5H3,(H,15,16,17). The Morgan fingerprint density at radius 2 is 1.90 bits per heavy atom. The smallest absolute Gasteiger partial charge is 0.158 e. The first kappa shape index (κ1) is 16.7. The Labute approximate surface area is 122 Å². The van der Waals surface area contributed by atoms with Gasteiger partial charge in [-0.2, -0.15) is 0 Å². The van der Waals surface area contributed by atoms with Crippen molar-refractivity contribution < 1.29 is 4.74 Å². The molecule has 20 heavy (non-hydrogen) atoms. The van der Waals surface area contributed by atoms with Crippen molar-refractivity contribution in [3.8, 4) is 0 Å². The molecule has 1 rings (SSSR count). The summed E-state index contributed by atoms with van der Waals surface area (Å²) in [5.74, 6) is 2.49. The van der Waals surface area contributed by atoms with Gasteiger partial charge in [-0.1, -0.05) is 0 Å². The van der Waals surface area contributed by atoms with Gasteiger partial charge in [0.1, 0.15) is 18.2 Å². The van der Waals surface area contributed by atoms with Crippen molar-refractivity contribution in [3.63, 3.8) is 0 Å². The molecule has 0 unspecified atom stereocenters. The lowest BCUT2D eigenvalue weighted by Crippen LogP contribution is -2.29. The molecule has 0 bridgehead atoms. The molecule has 0 fully saturated rings. The van der Waals surface area contributed by atoms with E-state index in [1.165, 1.54) is 0 Å². The van der Waals surface area contributed by atoms with Crippen molar-refractivity contribution in [1.82, 2.24) is 14.9 Å². The number of likely N-dealkylation sites (N-methyl/N-ethyl adjacent to an activating group) is 2. The highest BCUT2D eigenvalue weighted by Crippen LogP contribution is 2.15. The minimum atomic E-state index is 0.449. The Morgan fingerprint density at radius 3 is 2.50 bits per heavy atom. The van der Waals surface area contributed by atoms with Crippen LogP contribution in [0.4, 0.5) is 11.6 Å². The third-order valence-electron chi connectivity index (χ3n) is 2.83. The van der Waals surface area contributed by atoms with E-state index in [9.17, 15) is 0 Å². The number of aromatic nitrogens is 2. The first-order chi connectivity index (χ1) is 9.56. The highest BCUT2D eigenvalue weighted by atomic mass is 16.5. The molecule has 1 aromatic rings. The summed E-state index contributed by atoms with van der Waals surface area (Å²) in [4.78, 5) is 13.3. The minimum Gasteiger partial charge on any atom is -0.374 e. The van der Waals surface area contributed by atoms with Crippen molar-refractivity contribution in [2.24, 2.45) is 0 Å². The van der Waals surface area contributed by atoms with Crippen molar-refractivity contribution in [1.29, 1.82) is 0 Å². The maximum absolute atomic E-state index is 5.41. The molecular weight excluding hydrogens is 254 g/mol.